The van der Waals surface area contributed by atoms with Gasteiger partial charge in [0, 0.05) is 44.5 Å². The lowest BCUT2D eigenvalue weighted by molar-refractivity contribution is -0.125. The van der Waals surface area contributed by atoms with Gasteiger partial charge < -0.3 is 19.9 Å². The van der Waals surface area contributed by atoms with Crippen LogP contribution in [0.5, 0.6) is 11.6 Å². The van der Waals surface area contributed by atoms with Crippen molar-refractivity contribution in [2.24, 2.45) is 5.92 Å². The smallest absolute Gasteiger partial charge is 0.263 e. The lowest BCUT2D eigenvalue weighted by Crippen LogP contribution is -2.42. The fourth-order valence-corrected chi connectivity index (χ4v) is 4.17. The molecule has 30 heavy (non-hydrogen) atoms. The SMILES string of the molecule is Cc1ccc(Oc2nccnc2N2CCC(C(=O)NCCN3CCCC3)CC2)cc1. The number of ether oxygens (including phenoxy) is 1. The predicted octanol–water partition coefficient (Wildman–Crippen LogP) is 3.01. The minimum absolute atomic E-state index is 0.0676. The molecule has 0 spiro atoms. The summed E-state index contributed by atoms with van der Waals surface area (Å²) in [6.07, 6.45) is 7.53. The van der Waals surface area contributed by atoms with E-state index in [1.54, 1.807) is 12.4 Å². The maximum Gasteiger partial charge on any atom is 0.263 e. The number of anilines is 1. The standard InChI is InChI=1S/C23H31N5O2/c1-18-4-6-20(7-5-18)30-23-21(24-10-11-26-23)28-15-8-19(9-16-28)22(29)25-12-17-27-13-2-3-14-27/h4-7,10-11,19H,2-3,8-9,12-17H2,1H3,(H,25,29). The van der Waals surface area contributed by atoms with Gasteiger partial charge in [-0.3, -0.25) is 4.79 Å². The molecular weight excluding hydrogens is 378 g/mol. The highest BCUT2D eigenvalue weighted by molar-refractivity contribution is 5.79. The van der Waals surface area contributed by atoms with E-state index in [9.17, 15) is 4.79 Å². The largest absolute Gasteiger partial charge is 0.436 e. The maximum atomic E-state index is 12.5. The van der Waals surface area contributed by atoms with E-state index < -0.39 is 0 Å². The number of aromatic nitrogens is 2. The van der Waals surface area contributed by atoms with E-state index in [2.05, 4.69) is 25.1 Å². The average Bonchev–Trinajstić information content (AvgIpc) is 3.29. The first kappa shape index (κ1) is 20.6. The Morgan fingerprint density at radius 2 is 1.77 bits per heavy atom. The molecule has 0 bridgehead atoms. The molecule has 1 aromatic carbocycles. The van der Waals surface area contributed by atoms with Crippen LogP contribution in [-0.2, 0) is 4.79 Å². The molecule has 0 aliphatic carbocycles. The fraction of sp³-hybridized carbons (Fsp3) is 0.522. The van der Waals surface area contributed by atoms with E-state index in [1.807, 2.05) is 31.2 Å². The van der Waals surface area contributed by atoms with Gasteiger partial charge in [-0.1, -0.05) is 17.7 Å². The number of hydrogen-bond donors (Lipinski definition) is 1. The summed E-state index contributed by atoms with van der Waals surface area (Å²) in [6.45, 7) is 7.63. The van der Waals surface area contributed by atoms with Crippen LogP contribution >= 0.6 is 0 Å². The molecule has 160 valence electrons. The van der Waals surface area contributed by atoms with Crippen molar-refractivity contribution in [2.45, 2.75) is 32.6 Å². The van der Waals surface area contributed by atoms with Crippen molar-refractivity contribution in [1.29, 1.82) is 0 Å². The number of piperidine rings is 1. The van der Waals surface area contributed by atoms with E-state index in [4.69, 9.17) is 4.74 Å². The zero-order chi connectivity index (χ0) is 20.8. The summed E-state index contributed by atoms with van der Waals surface area (Å²) in [6, 6.07) is 7.90. The minimum Gasteiger partial charge on any atom is -0.436 e. The van der Waals surface area contributed by atoms with Gasteiger partial charge in [0.15, 0.2) is 5.82 Å². The average molecular weight is 410 g/mol. The number of rotatable bonds is 7. The van der Waals surface area contributed by atoms with Crippen molar-refractivity contribution in [1.82, 2.24) is 20.2 Å². The lowest BCUT2D eigenvalue weighted by Gasteiger charge is -2.32. The number of carbonyl (C=O) groups is 1. The summed E-state index contributed by atoms with van der Waals surface area (Å²) in [5, 5.41) is 3.13. The second-order valence-electron chi connectivity index (χ2n) is 8.20. The summed E-state index contributed by atoms with van der Waals surface area (Å²) in [5.74, 6) is 2.25. The van der Waals surface area contributed by atoms with Crippen molar-refractivity contribution in [3.8, 4) is 11.6 Å². The molecular formula is C23H31N5O2. The number of aryl methyl sites for hydroxylation is 1. The number of amides is 1. The number of hydrogen-bond acceptors (Lipinski definition) is 6. The molecule has 0 unspecified atom stereocenters. The predicted molar refractivity (Wildman–Crippen MR) is 117 cm³/mol. The second-order valence-corrected chi connectivity index (χ2v) is 8.20. The summed E-state index contributed by atoms with van der Waals surface area (Å²) >= 11 is 0. The fourth-order valence-electron chi connectivity index (χ4n) is 4.17. The number of carbonyl (C=O) groups excluding carboxylic acids is 1. The van der Waals surface area contributed by atoms with Gasteiger partial charge in [-0.15, -0.1) is 0 Å². The van der Waals surface area contributed by atoms with Crippen LogP contribution in [0.4, 0.5) is 5.82 Å². The molecule has 0 radical (unpaired) electrons. The van der Waals surface area contributed by atoms with Crippen LogP contribution in [0.25, 0.3) is 0 Å². The van der Waals surface area contributed by atoms with Crippen LogP contribution in [0.15, 0.2) is 36.7 Å². The van der Waals surface area contributed by atoms with Gasteiger partial charge in [-0.05, 0) is 57.8 Å². The number of benzene rings is 1. The molecule has 1 N–H and O–H groups in total. The van der Waals surface area contributed by atoms with Crippen LogP contribution in [0.2, 0.25) is 0 Å². The Balaban J connectivity index is 1.29. The Hall–Kier alpha value is -2.67. The molecule has 2 aromatic rings. The van der Waals surface area contributed by atoms with Crippen LogP contribution < -0.4 is 15.0 Å². The monoisotopic (exact) mass is 409 g/mol. The van der Waals surface area contributed by atoms with E-state index in [0.29, 0.717) is 5.88 Å². The van der Waals surface area contributed by atoms with Crippen LogP contribution in [-0.4, -0.2) is 60.0 Å². The van der Waals surface area contributed by atoms with Crippen LogP contribution in [0.1, 0.15) is 31.2 Å². The van der Waals surface area contributed by atoms with Crippen LogP contribution in [0, 0.1) is 12.8 Å². The zero-order valence-electron chi connectivity index (χ0n) is 17.7. The van der Waals surface area contributed by atoms with Crippen molar-refractivity contribution in [3.05, 3.63) is 42.2 Å². The third-order valence-electron chi connectivity index (χ3n) is 5.97. The second kappa shape index (κ2) is 9.89. The maximum absolute atomic E-state index is 12.5. The van der Waals surface area contributed by atoms with E-state index in [0.717, 1.165) is 50.6 Å². The van der Waals surface area contributed by atoms with E-state index >= 15 is 0 Å². The third kappa shape index (κ3) is 5.27. The Kier molecular flexibility index (Phi) is 6.79. The molecule has 1 aromatic heterocycles. The van der Waals surface area contributed by atoms with Gasteiger partial charge in [0.05, 0.1) is 0 Å². The highest BCUT2D eigenvalue weighted by atomic mass is 16.5. The Morgan fingerprint density at radius 3 is 2.50 bits per heavy atom. The first-order chi connectivity index (χ1) is 14.7. The first-order valence-corrected chi connectivity index (χ1v) is 11.0. The molecule has 2 fully saturated rings. The van der Waals surface area contributed by atoms with Gasteiger partial charge in [0.1, 0.15) is 5.75 Å². The van der Waals surface area contributed by atoms with Crippen molar-refractivity contribution in [2.75, 3.05) is 44.2 Å². The molecule has 0 atom stereocenters. The molecule has 2 saturated heterocycles. The van der Waals surface area contributed by atoms with Gasteiger partial charge in [-0.25, -0.2) is 9.97 Å². The van der Waals surface area contributed by atoms with Gasteiger partial charge in [0.25, 0.3) is 5.88 Å². The molecule has 1 amide bonds. The highest BCUT2D eigenvalue weighted by Crippen LogP contribution is 2.31. The molecule has 0 saturated carbocycles. The first-order valence-electron chi connectivity index (χ1n) is 11.0. The summed E-state index contributed by atoms with van der Waals surface area (Å²) < 4.78 is 5.99. The molecule has 4 rings (SSSR count). The lowest BCUT2D eigenvalue weighted by atomic mass is 9.96. The van der Waals surface area contributed by atoms with Gasteiger partial charge in [-0.2, -0.15) is 0 Å². The van der Waals surface area contributed by atoms with Gasteiger partial charge >= 0.3 is 0 Å². The number of likely N-dealkylation sites (tertiary alicyclic amines) is 1. The van der Waals surface area contributed by atoms with Crippen molar-refractivity contribution in [3.63, 3.8) is 0 Å². The van der Waals surface area contributed by atoms with Gasteiger partial charge in [0.2, 0.25) is 5.91 Å². The third-order valence-corrected chi connectivity index (χ3v) is 5.97. The summed E-state index contributed by atoms with van der Waals surface area (Å²) in [7, 11) is 0. The van der Waals surface area contributed by atoms with E-state index in [1.165, 1.54) is 31.5 Å². The Labute approximate surface area is 178 Å². The van der Waals surface area contributed by atoms with Crippen LogP contribution in [0.3, 0.4) is 0 Å². The Morgan fingerprint density at radius 1 is 1.07 bits per heavy atom. The molecule has 2 aliphatic heterocycles. The van der Waals surface area contributed by atoms with Crippen molar-refractivity contribution >= 4 is 11.7 Å². The number of nitrogens with zero attached hydrogens (tertiary/aromatic N) is 4. The summed E-state index contributed by atoms with van der Waals surface area (Å²) in [5.41, 5.74) is 1.18. The molecule has 7 nitrogen and oxygen atoms in total. The Bertz CT molecular complexity index is 828. The number of nitrogens with one attached hydrogen (secondary N) is 1. The summed E-state index contributed by atoms with van der Waals surface area (Å²) in [4.78, 5) is 26.0. The normalized spacial score (nSPS) is 17.8. The quantitative estimate of drug-likeness (QED) is 0.758. The molecule has 2 aliphatic rings. The zero-order valence-corrected chi connectivity index (χ0v) is 17.7. The topological polar surface area (TPSA) is 70.6 Å². The van der Waals surface area contributed by atoms with Crippen molar-refractivity contribution < 1.29 is 9.53 Å². The van der Waals surface area contributed by atoms with E-state index in [-0.39, 0.29) is 11.8 Å². The minimum atomic E-state index is 0.0676. The molecule has 3 heterocycles. The highest BCUT2D eigenvalue weighted by Gasteiger charge is 2.27. The molecule has 7 heteroatoms.